The summed E-state index contributed by atoms with van der Waals surface area (Å²) in [7, 11) is 1.21. The van der Waals surface area contributed by atoms with Crippen molar-refractivity contribution >= 4 is 5.97 Å². The third kappa shape index (κ3) is 2.99. The second-order valence-electron chi connectivity index (χ2n) is 4.76. The number of benzene rings is 1. The molecule has 1 heterocycles. The van der Waals surface area contributed by atoms with Gasteiger partial charge in [0.1, 0.15) is 24.4 Å². The van der Waals surface area contributed by atoms with Crippen LogP contribution >= 0.6 is 0 Å². The number of hydrogen-bond acceptors (Lipinski definition) is 6. The van der Waals surface area contributed by atoms with Gasteiger partial charge in [-0.3, -0.25) is 4.79 Å². The number of aliphatic hydroxyl groups is 3. The number of carbonyl (C=O) groups is 1. The van der Waals surface area contributed by atoms with E-state index < -0.39 is 36.5 Å². The average molecular weight is 282 g/mol. The third-order valence-corrected chi connectivity index (χ3v) is 3.41. The highest BCUT2D eigenvalue weighted by atomic mass is 16.6. The van der Waals surface area contributed by atoms with E-state index in [4.69, 9.17) is 4.74 Å². The van der Waals surface area contributed by atoms with Gasteiger partial charge in [0.15, 0.2) is 0 Å². The first-order valence-electron chi connectivity index (χ1n) is 6.36. The van der Waals surface area contributed by atoms with Crippen LogP contribution in [0.3, 0.4) is 0 Å². The molecule has 1 aliphatic rings. The van der Waals surface area contributed by atoms with Crippen molar-refractivity contribution in [2.45, 2.75) is 36.9 Å². The van der Waals surface area contributed by atoms with Crippen molar-refractivity contribution in [2.75, 3.05) is 7.11 Å². The summed E-state index contributed by atoms with van der Waals surface area (Å²) in [4.78, 5) is 11.1. The first kappa shape index (κ1) is 14.9. The first-order chi connectivity index (χ1) is 9.54. The zero-order valence-corrected chi connectivity index (χ0v) is 11.0. The Morgan fingerprint density at radius 3 is 2.55 bits per heavy atom. The van der Waals surface area contributed by atoms with E-state index in [0.717, 1.165) is 0 Å². The molecule has 1 aromatic rings. The zero-order valence-electron chi connectivity index (χ0n) is 11.0. The molecular formula is C14H18O6. The van der Waals surface area contributed by atoms with Gasteiger partial charge in [0.25, 0.3) is 0 Å². The van der Waals surface area contributed by atoms with Crippen molar-refractivity contribution in [1.29, 1.82) is 0 Å². The summed E-state index contributed by atoms with van der Waals surface area (Å²) < 4.78 is 9.98. The Kier molecular flexibility index (Phi) is 4.72. The summed E-state index contributed by atoms with van der Waals surface area (Å²) in [6.45, 7) is 0. The summed E-state index contributed by atoms with van der Waals surface area (Å²) in [6.07, 6.45) is -5.72. The van der Waals surface area contributed by atoms with E-state index in [0.29, 0.717) is 5.56 Å². The molecule has 0 spiro atoms. The fourth-order valence-electron chi connectivity index (χ4n) is 2.31. The molecule has 0 radical (unpaired) electrons. The minimum Gasteiger partial charge on any atom is -0.469 e. The molecule has 0 bridgehead atoms. The molecule has 6 heteroatoms. The van der Waals surface area contributed by atoms with Crippen LogP contribution in [0, 0.1) is 0 Å². The Bertz CT molecular complexity index is 448. The van der Waals surface area contributed by atoms with Gasteiger partial charge >= 0.3 is 5.97 Å². The first-order valence-corrected chi connectivity index (χ1v) is 6.36. The van der Waals surface area contributed by atoms with Crippen LogP contribution in [-0.2, 0) is 14.3 Å². The summed E-state index contributed by atoms with van der Waals surface area (Å²) in [5.41, 5.74) is 0.701. The van der Waals surface area contributed by atoms with Crippen molar-refractivity contribution < 1.29 is 29.6 Å². The monoisotopic (exact) mass is 282 g/mol. The van der Waals surface area contributed by atoms with Crippen LogP contribution < -0.4 is 0 Å². The van der Waals surface area contributed by atoms with Gasteiger partial charge in [0.05, 0.1) is 19.6 Å². The lowest BCUT2D eigenvalue weighted by atomic mass is 9.99. The number of rotatable bonds is 4. The van der Waals surface area contributed by atoms with E-state index in [1.54, 1.807) is 24.3 Å². The lowest BCUT2D eigenvalue weighted by Gasteiger charge is -2.20. The summed E-state index contributed by atoms with van der Waals surface area (Å²) in [5.74, 6) is -0.606. The van der Waals surface area contributed by atoms with E-state index in [1.807, 2.05) is 6.07 Å². The van der Waals surface area contributed by atoms with E-state index in [-0.39, 0.29) is 6.42 Å². The molecule has 1 saturated heterocycles. The maximum atomic E-state index is 11.1. The van der Waals surface area contributed by atoms with Gasteiger partial charge in [-0.2, -0.15) is 0 Å². The number of hydrogen-bond donors (Lipinski definition) is 3. The minimum absolute atomic E-state index is 0.299. The van der Waals surface area contributed by atoms with E-state index in [1.165, 1.54) is 7.11 Å². The zero-order chi connectivity index (χ0) is 14.7. The highest BCUT2D eigenvalue weighted by molar-refractivity contribution is 5.69. The molecule has 0 saturated carbocycles. The molecule has 1 fully saturated rings. The molecule has 0 amide bonds. The molecule has 2 rings (SSSR count). The van der Waals surface area contributed by atoms with E-state index in [2.05, 4.69) is 4.74 Å². The summed E-state index contributed by atoms with van der Waals surface area (Å²) in [5, 5.41) is 29.9. The van der Waals surface area contributed by atoms with Crippen LogP contribution in [0.5, 0.6) is 0 Å². The number of ether oxygens (including phenoxy) is 2. The highest BCUT2D eigenvalue weighted by Gasteiger charge is 2.46. The Morgan fingerprint density at radius 2 is 1.95 bits per heavy atom. The number of methoxy groups -OCH3 is 1. The van der Waals surface area contributed by atoms with E-state index >= 15 is 0 Å². The van der Waals surface area contributed by atoms with Gasteiger partial charge in [-0.05, 0) is 5.56 Å². The van der Waals surface area contributed by atoms with Crippen molar-refractivity contribution in [3.8, 4) is 0 Å². The van der Waals surface area contributed by atoms with Crippen LogP contribution in [0.4, 0.5) is 0 Å². The Morgan fingerprint density at radius 1 is 1.30 bits per heavy atom. The molecule has 0 unspecified atom stereocenters. The lowest BCUT2D eigenvalue weighted by molar-refractivity contribution is -0.146. The quantitative estimate of drug-likeness (QED) is 0.660. The Hall–Kier alpha value is -1.47. The van der Waals surface area contributed by atoms with Crippen LogP contribution in [0.1, 0.15) is 18.1 Å². The molecule has 0 aromatic heterocycles. The smallest absolute Gasteiger partial charge is 0.308 e. The molecule has 20 heavy (non-hydrogen) atoms. The van der Waals surface area contributed by atoms with Gasteiger partial charge < -0.3 is 24.8 Å². The number of esters is 1. The molecule has 0 aliphatic carbocycles. The van der Waals surface area contributed by atoms with Crippen molar-refractivity contribution in [3.05, 3.63) is 35.9 Å². The van der Waals surface area contributed by atoms with Crippen molar-refractivity contribution in [3.63, 3.8) is 0 Å². The lowest BCUT2D eigenvalue weighted by Crippen LogP contribution is -2.39. The summed E-state index contributed by atoms with van der Waals surface area (Å²) >= 11 is 0. The van der Waals surface area contributed by atoms with Crippen LogP contribution in [-0.4, -0.2) is 52.8 Å². The van der Waals surface area contributed by atoms with Crippen LogP contribution in [0.25, 0.3) is 0 Å². The minimum atomic E-state index is -1.26. The molecule has 6 nitrogen and oxygen atoms in total. The number of carbonyl (C=O) groups excluding carboxylic acids is 1. The normalized spacial score (nSPS) is 31.0. The van der Waals surface area contributed by atoms with Gasteiger partial charge in [-0.1, -0.05) is 30.3 Å². The maximum Gasteiger partial charge on any atom is 0.308 e. The Labute approximate surface area is 116 Å². The second-order valence-corrected chi connectivity index (χ2v) is 4.76. The molecule has 110 valence electrons. The second kappa shape index (κ2) is 6.32. The number of aliphatic hydroxyl groups excluding tert-OH is 3. The largest absolute Gasteiger partial charge is 0.469 e. The standard InChI is InChI=1S/C14H18O6/c1-19-10(16)7-9(15)14-12(18)11(17)13(20-14)8-5-3-2-4-6-8/h2-6,9,11-15,17-18H,7H2,1H3/t9-,11-,12-,13+,14-/m0/s1. The highest BCUT2D eigenvalue weighted by Crippen LogP contribution is 2.35. The fraction of sp³-hybridized carbons (Fsp3) is 0.500. The maximum absolute atomic E-state index is 11.1. The SMILES string of the molecule is COC(=O)C[C@H](O)[C@@H]1O[C@H](c2ccccc2)[C@@H](O)[C@@H]1O. The molecule has 5 atom stereocenters. The Balaban J connectivity index is 2.09. The topological polar surface area (TPSA) is 96.2 Å². The summed E-state index contributed by atoms with van der Waals surface area (Å²) in [6, 6.07) is 8.92. The molecule has 3 N–H and O–H groups in total. The predicted molar refractivity (Wildman–Crippen MR) is 68.7 cm³/mol. The van der Waals surface area contributed by atoms with Crippen molar-refractivity contribution in [2.24, 2.45) is 0 Å². The molecule has 1 aromatic carbocycles. The fourth-order valence-corrected chi connectivity index (χ4v) is 2.31. The van der Waals surface area contributed by atoms with Crippen LogP contribution in [0.15, 0.2) is 30.3 Å². The van der Waals surface area contributed by atoms with Gasteiger partial charge in [0, 0.05) is 0 Å². The predicted octanol–water partition coefficient (Wildman–Crippen LogP) is -0.228. The third-order valence-electron chi connectivity index (χ3n) is 3.41. The van der Waals surface area contributed by atoms with Gasteiger partial charge in [-0.15, -0.1) is 0 Å². The van der Waals surface area contributed by atoms with Crippen LogP contribution in [0.2, 0.25) is 0 Å². The van der Waals surface area contributed by atoms with E-state index in [9.17, 15) is 20.1 Å². The van der Waals surface area contributed by atoms with Gasteiger partial charge in [0.2, 0.25) is 0 Å². The average Bonchev–Trinajstić information content (AvgIpc) is 2.76. The molecular weight excluding hydrogens is 264 g/mol. The van der Waals surface area contributed by atoms with Gasteiger partial charge in [-0.25, -0.2) is 0 Å². The molecule has 1 aliphatic heterocycles. The van der Waals surface area contributed by atoms with Crippen molar-refractivity contribution in [1.82, 2.24) is 0 Å².